The molecule has 0 unspecified atom stereocenters. The Morgan fingerprint density at radius 1 is 0.969 bits per heavy atom. The number of likely N-dealkylation sites (tertiary alicyclic amines) is 1. The van der Waals surface area contributed by atoms with Crippen LogP contribution in [-0.2, 0) is 22.6 Å². The van der Waals surface area contributed by atoms with Crippen LogP contribution in [0.4, 0.5) is 0 Å². The Balaban J connectivity index is 1.24. The molecule has 1 aliphatic heterocycles. The van der Waals surface area contributed by atoms with Crippen LogP contribution in [-0.4, -0.2) is 36.4 Å². The number of nitrogens with zero attached hydrogens (tertiary/aromatic N) is 1. The van der Waals surface area contributed by atoms with Crippen LogP contribution in [0.5, 0.6) is 5.75 Å². The second-order valence-electron chi connectivity index (χ2n) is 8.01. The zero-order valence-electron chi connectivity index (χ0n) is 18.0. The highest BCUT2D eigenvalue weighted by atomic mass is 16.5. The van der Waals surface area contributed by atoms with E-state index in [1.54, 1.807) is 17.2 Å². The topological polar surface area (TPSA) is 71.8 Å². The van der Waals surface area contributed by atoms with Gasteiger partial charge in [0.1, 0.15) is 11.5 Å². The number of furan rings is 1. The SMILES string of the molecule is O=C(NCc1ccco1)C1CCN(C(=O)COc2ccccc2Cc2ccccc2)CC1. The lowest BCUT2D eigenvalue weighted by atomic mass is 9.96. The summed E-state index contributed by atoms with van der Waals surface area (Å²) in [5.74, 6) is 1.35. The Hall–Kier alpha value is -3.54. The number of piperidine rings is 1. The molecule has 2 heterocycles. The second kappa shape index (κ2) is 10.7. The molecule has 0 spiro atoms. The van der Waals surface area contributed by atoms with Crippen molar-refractivity contribution in [3.63, 3.8) is 0 Å². The quantitative estimate of drug-likeness (QED) is 0.588. The summed E-state index contributed by atoms with van der Waals surface area (Å²) in [5, 5.41) is 2.91. The van der Waals surface area contributed by atoms with Crippen molar-refractivity contribution in [1.82, 2.24) is 10.2 Å². The molecule has 0 saturated carbocycles. The third kappa shape index (κ3) is 5.78. The maximum atomic E-state index is 12.7. The van der Waals surface area contributed by atoms with Crippen molar-refractivity contribution in [2.75, 3.05) is 19.7 Å². The highest BCUT2D eigenvalue weighted by Gasteiger charge is 2.27. The average Bonchev–Trinajstić information content (AvgIpc) is 3.36. The number of carbonyl (C=O) groups is 2. The first-order valence-electron chi connectivity index (χ1n) is 11.0. The van der Waals surface area contributed by atoms with Crippen LogP contribution in [0.3, 0.4) is 0 Å². The average molecular weight is 433 g/mol. The molecule has 1 aromatic heterocycles. The summed E-state index contributed by atoms with van der Waals surface area (Å²) < 4.78 is 11.1. The van der Waals surface area contributed by atoms with E-state index in [4.69, 9.17) is 9.15 Å². The van der Waals surface area contributed by atoms with E-state index in [1.807, 2.05) is 48.5 Å². The minimum absolute atomic E-state index is 0.00115. The minimum Gasteiger partial charge on any atom is -0.483 e. The molecule has 3 aromatic rings. The summed E-state index contributed by atoms with van der Waals surface area (Å²) in [6.07, 6.45) is 3.65. The number of carbonyl (C=O) groups excluding carboxylic acids is 2. The van der Waals surface area contributed by atoms with Crippen molar-refractivity contribution >= 4 is 11.8 Å². The summed E-state index contributed by atoms with van der Waals surface area (Å²) in [6, 6.07) is 21.7. The summed E-state index contributed by atoms with van der Waals surface area (Å²) >= 11 is 0. The van der Waals surface area contributed by atoms with Gasteiger partial charge in [-0.15, -0.1) is 0 Å². The third-order valence-corrected chi connectivity index (χ3v) is 5.80. The molecule has 4 rings (SSSR count). The van der Waals surface area contributed by atoms with E-state index in [9.17, 15) is 9.59 Å². The van der Waals surface area contributed by atoms with Crippen molar-refractivity contribution in [2.24, 2.45) is 5.92 Å². The summed E-state index contributed by atoms with van der Waals surface area (Å²) in [5.41, 5.74) is 2.25. The highest BCUT2D eigenvalue weighted by Crippen LogP contribution is 2.22. The maximum Gasteiger partial charge on any atom is 0.260 e. The zero-order chi connectivity index (χ0) is 22.2. The Morgan fingerprint density at radius 2 is 1.72 bits per heavy atom. The highest BCUT2D eigenvalue weighted by molar-refractivity contribution is 5.80. The maximum absolute atomic E-state index is 12.7. The van der Waals surface area contributed by atoms with Gasteiger partial charge < -0.3 is 19.4 Å². The van der Waals surface area contributed by atoms with Gasteiger partial charge >= 0.3 is 0 Å². The predicted octanol–water partition coefficient (Wildman–Crippen LogP) is 3.80. The van der Waals surface area contributed by atoms with Crippen LogP contribution in [0.15, 0.2) is 77.4 Å². The zero-order valence-corrected chi connectivity index (χ0v) is 18.0. The van der Waals surface area contributed by atoms with Crippen LogP contribution < -0.4 is 10.1 Å². The van der Waals surface area contributed by atoms with Gasteiger partial charge in [-0.3, -0.25) is 9.59 Å². The van der Waals surface area contributed by atoms with Gasteiger partial charge in [-0.2, -0.15) is 0 Å². The molecule has 0 bridgehead atoms. The summed E-state index contributed by atoms with van der Waals surface area (Å²) in [6.45, 7) is 1.52. The number of hydrogen-bond acceptors (Lipinski definition) is 4. The first kappa shape index (κ1) is 21.7. The fraction of sp³-hybridized carbons (Fsp3) is 0.308. The first-order valence-corrected chi connectivity index (χ1v) is 11.0. The molecule has 0 aliphatic carbocycles. The molecule has 0 radical (unpaired) electrons. The van der Waals surface area contributed by atoms with Crippen LogP contribution >= 0.6 is 0 Å². The first-order chi connectivity index (χ1) is 15.7. The number of benzene rings is 2. The van der Waals surface area contributed by atoms with Crippen LogP contribution in [0.2, 0.25) is 0 Å². The van der Waals surface area contributed by atoms with Crippen molar-refractivity contribution in [1.29, 1.82) is 0 Å². The minimum atomic E-state index is -0.0819. The van der Waals surface area contributed by atoms with E-state index < -0.39 is 0 Å². The van der Waals surface area contributed by atoms with E-state index in [0.717, 1.165) is 23.5 Å². The molecule has 2 aromatic carbocycles. The van der Waals surface area contributed by atoms with Gasteiger partial charge in [0.25, 0.3) is 5.91 Å². The number of rotatable bonds is 8. The molecular weight excluding hydrogens is 404 g/mol. The van der Waals surface area contributed by atoms with Gasteiger partial charge in [0, 0.05) is 25.4 Å². The number of amides is 2. The Kier molecular flexibility index (Phi) is 7.23. The Morgan fingerprint density at radius 3 is 2.47 bits per heavy atom. The smallest absolute Gasteiger partial charge is 0.260 e. The van der Waals surface area contributed by atoms with E-state index in [0.29, 0.717) is 32.5 Å². The Labute approximate surface area is 188 Å². The largest absolute Gasteiger partial charge is 0.483 e. The van der Waals surface area contributed by atoms with Gasteiger partial charge in [-0.1, -0.05) is 48.5 Å². The van der Waals surface area contributed by atoms with Gasteiger partial charge in [-0.25, -0.2) is 0 Å². The number of nitrogens with one attached hydrogen (secondary N) is 1. The normalized spacial score (nSPS) is 14.2. The fourth-order valence-electron chi connectivity index (χ4n) is 3.96. The van der Waals surface area contributed by atoms with Gasteiger partial charge in [0.05, 0.1) is 12.8 Å². The van der Waals surface area contributed by atoms with E-state index in [-0.39, 0.29) is 24.3 Å². The monoisotopic (exact) mass is 432 g/mol. The fourth-order valence-corrected chi connectivity index (χ4v) is 3.96. The van der Waals surface area contributed by atoms with Gasteiger partial charge in [-0.05, 0) is 42.2 Å². The molecule has 1 fully saturated rings. The molecule has 6 heteroatoms. The molecule has 6 nitrogen and oxygen atoms in total. The van der Waals surface area contributed by atoms with Gasteiger partial charge in [0.15, 0.2) is 6.61 Å². The molecule has 2 amide bonds. The van der Waals surface area contributed by atoms with Gasteiger partial charge in [0.2, 0.25) is 5.91 Å². The summed E-state index contributed by atoms with van der Waals surface area (Å²) in [4.78, 5) is 26.9. The van der Waals surface area contributed by atoms with Crippen LogP contribution in [0.25, 0.3) is 0 Å². The molecule has 166 valence electrons. The molecule has 1 N–H and O–H groups in total. The van der Waals surface area contributed by atoms with Crippen LogP contribution in [0.1, 0.15) is 29.7 Å². The van der Waals surface area contributed by atoms with Crippen molar-refractivity contribution in [3.8, 4) is 5.75 Å². The number of hydrogen-bond donors (Lipinski definition) is 1. The molecule has 1 aliphatic rings. The van der Waals surface area contributed by atoms with Crippen molar-refractivity contribution in [3.05, 3.63) is 89.9 Å². The second-order valence-corrected chi connectivity index (χ2v) is 8.01. The number of para-hydroxylation sites is 1. The van der Waals surface area contributed by atoms with E-state index >= 15 is 0 Å². The predicted molar refractivity (Wildman–Crippen MR) is 121 cm³/mol. The molecule has 0 atom stereocenters. The third-order valence-electron chi connectivity index (χ3n) is 5.80. The molecular formula is C26H28N2O4. The van der Waals surface area contributed by atoms with Crippen molar-refractivity contribution in [2.45, 2.75) is 25.8 Å². The van der Waals surface area contributed by atoms with E-state index in [2.05, 4.69) is 17.4 Å². The summed E-state index contributed by atoms with van der Waals surface area (Å²) in [7, 11) is 0. The lowest BCUT2D eigenvalue weighted by molar-refractivity contribution is -0.137. The Bertz CT molecular complexity index is 1010. The van der Waals surface area contributed by atoms with Crippen LogP contribution in [0, 0.1) is 5.92 Å². The van der Waals surface area contributed by atoms with Crippen molar-refractivity contribution < 1.29 is 18.7 Å². The van der Waals surface area contributed by atoms with E-state index in [1.165, 1.54) is 5.56 Å². The lowest BCUT2D eigenvalue weighted by Gasteiger charge is -2.31. The number of ether oxygens (including phenoxy) is 1. The molecule has 1 saturated heterocycles. The molecule has 32 heavy (non-hydrogen) atoms. The standard InChI is InChI=1S/C26H28N2O4/c29-25(19-32-24-11-5-4-9-22(24)17-20-7-2-1-3-8-20)28-14-12-21(13-15-28)26(30)27-18-23-10-6-16-31-23/h1-11,16,21H,12-15,17-19H2,(H,27,30). The lowest BCUT2D eigenvalue weighted by Crippen LogP contribution is -2.44.